The number of phenolic OH excluding ortho intramolecular Hbond substituents is 1. The average molecular weight is 426 g/mol. The summed E-state index contributed by atoms with van der Waals surface area (Å²) in [6.45, 7) is 1.16. The Morgan fingerprint density at radius 2 is 1.72 bits per heavy atom. The molecule has 29 heavy (non-hydrogen) atoms. The Morgan fingerprint density at radius 3 is 2.34 bits per heavy atom. The first-order valence-corrected chi connectivity index (χ1v) is 10.6. The maximum atomic E-state index is 14.8. The molecule has 0 bridgehead atoms. The van der Waals surface area contributed by atoms with Crippen molar-refractivity contribution in [3.05, 3.63) is 47.9 Å². The monoisotopic (exact) mass is 426 g/mol. The van der Waals surface area contributed by atoms with Gasteiger partial charge < -0.3 is 10.0 Å². The van der Waals surface area contributed by atoms with Gasteiger partial charge in [0.25, 0.3) is 0 Å². The molecule has 2 aromatic carbocycles. The lowest BCUT2D eigenvalue weighted by Gasteiger charge is -2.34. The number of anilines is 1. The van der Waals surface area contributed by atoms with Crippen molar-refractivity contribution in [1.82, 2.24) is 14.1 Å². The molecule has 0 atom stereocenters. The van der Waals surface area contributed by atoms with Gasteiger partial charge in [0.2, 0.25) is 10.0 Å². The minimum absolute atomic E-state index is 0.124. The lowest BCUT2D eigenvalue weighted by Crippen LogP contribution is -2.48. The van der Waals surface area contributed by atoms with Gasteiger partial charge in [0.1, 0.15) is 11.3 Å². The largest absolute Gasteiger partial charge is 0.503 e. The average Bonchev–Trinajstić information content (AvgIpc) is 3.09. The van der Waals surface area contributed by atoms with Crippen LogP contribution in [0, 0.1) is 17.5 Å². The number of hydrogen-bond donors (Lipinski definition) is 1. The van der Waals surface area contributed by atoms with E-state index in [4.69, 9.17) is 0 Å². The van der Waals surface area contributed by atoms with Crippen LogP contribution in [0.4, 0.5) is 18.9 Å². The Hall–Kier alpha value is -2.79. The van der Waals surface area contributed by atoms with E-state index in [2.05, 4.69) is 5.10 Å². The molecular formula is C18H17F3N4O3S. The molecule has 1 fully saturated rings. The summed E-state index contributed by atoms with van der Waals surface area (Å²) in [7, 11) is -3.29. The fourth-order valence-electron chi connectivity index (χ4n) is 3.45. The van der Waals surface area contributed by atoms with E-state index in [1.807, 2.05) is 0 Å². The molecule has 0 spiro atoms. The van der Waals surface area contributed by atoms with Crippen molar-refractivity contribution in [2.75, 3.05) is 37.3 Å². The molecule has 1 aromatic heterocycles. The molecular weight excluding hydrogens is 409 g/mol. The molecule has 1 saturated heterocycles. The van der Waals surface area contributed by atoms with Gasteiger partial charge in [0, 0.05) is 37.6 Å². The van der Waals surface area contributed by atoms with Gasteiger partial charge in [-0.25, -0.2) is 26.3 Å². The highest BCUT2D eigenvalue weighted by Gasteiger charge is 2.25. The highest BCUT2D eigenvalue weighted by atomic mass is 32.2. The first-order chi connectivity index (χ1) is 13.7. The number of nitrogens with zero attached hydrogens (tertiary/aromatic N) is 4. The van der Waals surface area contributed by atoms with E-state index in [0.29, 0.717) is 13.1 Å². The summed E-state index contributed by atoms with van der Waals surface area (Å²) in [6, 6.07) is 5.12. The van der Waals surface area contributed by atoms with Crippen LogP contribution in [-0.2, 0) is 10.0 Å². The number of sulfonamides is 1. The van der Waals surface area contributed by atoms with E-state index in [9.17, 15) is 26.7 Å². The highest BCUT2D eigenvalue weighted by molar-refractivity contribution is 7.88. The third-order valence-electron chi connectivity index (χ3n) is 4.95. The second-order valence-corrected chi connectivity index (χ2v) is 8.78. The number of aromatic hydroxyl groups is 1. The molecule has 0 aliphatic carbocycles. The molecule has 0 amide bonds. The Morgan fingerprint density at radius 1 is 1.03 bits per heavy atom. The zero-order valence-electron chi connectivity index (χ0n) is 15.3. The van der Waals surface area contributed by atoms with Crippen LogP contribution in [0.5, 0.6) is 5.75 Å². The Labute approximate surface area is 164 Å². The van der Waals surface area contributed by atoms with Crippen LogP contribution in [-0.4, -0.2) is 60.0 Å². The van der Waals surface area contributed by atoms with Crippen molar-refractivity contribution in [3.63, 3.8) is 0 Å². The summed E-state index contributed by atoms with van der Waals surface area (Å²) < 4.78 is 68.3. The normalized spacial score (nSPS) is 15.9. The van der Waals surface area contributed by atoms with Crippen LogP contribution in [0.3, 0.4) is 0 Å². The summed E-state index contributed by atoms with van der Waals surface area (Å²) in [5.74, 6) is -4.01. The van der Waals surface area contributed by atoms with Crippen molar-refractivity contribution in [3.8, 4) is 11.4 Å². The SMILES string of the molecule is CS(=O)(=O)N1CCN(c2ccc(-n3ncc4cc(F)c(O)c(F)c43)cc2F)CC1. The molecule has 1 aliphatic heterocycles. The Bertz CT molecular complexity index is 1200. The summed E-state index contributed by atoms with van der Waals surface area (Å²) in [4.78, 5) is 1.73. The standard InChI is InChI=1S/C18H17F3N4O3S/c1-29(27,28)24-6-4-23(5-7-24)15-3-2-12(9-13(15)19)25-17-11(10-22-25)8-14(20)18(26)16(17)21/h2-3,8-10,26H,4-7H2,1H3. The molecule has 1 N–H and O–H groups in total. The number of aromatic nitrogens is 2. The van der Waals surface area contributed by atoms with E-state index in [1.165, 1.54) is 22.6 Å². The topological polar surface area (TPSA) is 78.7 Å². The van der Waals surface area contributed by atoms with E-state index in [0.717, 1.165) is 23.1 Å². The molecule has 4 rings (SSSR count). The van der Waals surface area contributed by atoms with Crippen molar-refractivity contribution in [1.29, 1.82) is 0 Å². The zero-order valence-corrected chi connectivity index (χ0v) is 16.1. The van der Waals surface area contributed by atoms with E-state index < -0.39 is 33.2 Å². The molecule has 0 saturated carbocycles. The van der Waals surface area contributed by atoms with Gasteiger partial charge >= 0.3 is 0 Å². The molecule has 154 valence electrons. The predicted molar refractivity (Wildman–Crippen MR) is 101 cm³/mol. The molecule has 0 radical (unpaired) electrons. The van der Waals surface area contributed by atoms with Gasteiger partial charge in [0.15, 0.2) is 17.4 Å². The van der Waals surface area contributed by atoms with E-state index >= 15 is 0 Å². The number of halogens is 3. The first kappa shape index (κ1) is 19.5. The highest BCUT2D eigenvalue weighted by Crippen LogP contribution is 2.31. The van der Waals surface area contributed by atoms with Crippen LogP contribution < -0.4 is 4.90 Å². The number of piperazine rings is 1. The van der Waals surface area contributed by atoms with Gasteiger partial charge in [-0.05, 0) is 18.2 Å². The minimum Gasteiger partial charge on any atom is -0.503 e. The van der Waals surface area contributed by atoms with Crippen molar-refractivity contribution in [2.24, 2.45) is 0 Å². The summed E-state index contributed by atoms with van der Waals surface area (Å²) in [5, 5.41) is 13.6. The summed E-state index contributed by atoms with van der Waals surface area (Å²) in [5.41, 5.74) is 0.312. The fraction of sp³-hybridized carbons (Fsp3) is 0.278. The molecule has 3 aromatic rings. The van der Waals surface area contributed by atoms with Crippen molar-refractivity contribution in [2.45, 2.75) is 0 Å². The van der Waals surface area contributed by atoms with Gasteiger partial charge in [-0.2, -0.15) is 9.40 Å². The molecule has 2 heterocycles. The number of rotatable bonds is 3. The minimum atomic E-state index is -3.29. The van der Waals surface area contributed by atoms with Crippen LogP contribution in [0.1, 0.15) is 0 Å². The van der Waals surface area contributed by atoms with Crippen molar-refractivity contribution >= 4 is 26.6 Å². The van der Waals surface area contributed by atoms with Gasteiger partial charge in [0.05, 0.1) is 23.8 Å². The number of hydrogen-bond acceptors (Lipinski definition) is 5. The maximum Gasteiger partial charge on any atom is 0.211 e. The molecule has 0 unspecified atom stereocenters. The van der Waals surface area contributed by atoms with Gasteiger partial charge in [-0.15, -0.1) is 0 Å². The smallest absolute Gasteiger partial charge is 0.211 e. The first-order valence-electron chi connectivity index (χ1n) is 8.71. The third-order valence-corrected chi connectivity index (χ3v) is 6.25. The molecule has 11 heteroatoms. The Balaban J connectivity index is 1.65. The van der Waals surface area contributed by atoms with Crippen molar-refractivity contribution < 1.29 is 26.7 Å². The fourth-order valence-corrected chi connectivity index (χ4v) is 4.28. The van der Waals surface area contributed by atoms with Crippen LogP contribution >= 0.6 is 0 Å². The second-order valence-electron chi connectivity index (χ2n) is 6.80. The molecule has 1 aliphatic rings. The quantitative estimate of drug-likeness (QED) is 0.695. The maximum absolute atomic E-state index is 14.8. The summed E-state index contributed by atoms with van der Waals surface area (Å²) >= 11 is 0. The number of phenols is 1. The molecule has 7 nitrogen and oxygen atoms in total. The number of fused-ring (bicyclic) bond motifs is 1. The lowest BCUT2D eigenvalue weighted by atomic mass is 10.2. The predicted octanol–water partition coefficient (Wildman–Crippen LogP) is 2.23. The Kier molecular flexibility index (Phi) is 4.66. The van der Waals surface area contributed by atoms with Gasteiger partial charge in [-0.3, -0.25) is 0 Å². The summed E-state index contributed by atoms with van der Waals surface area (Å²) in [6.07, 6.45) is 2.35. The van der Waals surface area contributed by atoms with Crippen LogP contribution in [0.2, 0.25) is 0 Å². The van der Waals surface area contributed by atoms with E-state index in [-0.39, 0.29) is 35.4 Å². The van der Waals surface area contributed by atoms with Gasteiger partial charge in [-0.1, -0.05) is 0 Å². The second kappa shape index (κ2) is 6.92. The van der Waals surface area contributed by atoms with Crippen LogP contribution in [0.15, 0.2) is 30.5 Å². The zero-order chi connectivity index (χ0) is 20.9. The van der Waals surface area contributed by atoms with Crippen LogP contribution in [0.25, 0.3) is 16.6 Å². The lowest BCUT2D eigenvalue weighted by molar-refractivity contribution is 0.386. The van der Waals surface area contributed by atoms with E-state index in [1.54, 1.807) is 4.90 Å². The number of benzene rings is 2. The third kappa shape index (κ3) is 3.40.